The fourth-order valence-corrected chi connectivity index (χ4v) is 2.57. The number of aryl methyl sites for hydroxylation is 1. The first kappa shape index (κ1) is 13.9. The Hall–Kier alpha value is -0.550. The van der Waals surface area contributed by atoms with Crippen molar-refractivity contribution in [3.63, 3.8) is 0 Å². The second kappa shape index (κ2) is 5.61. The van der Waals surface area contributed by atoms with Gasteiger partial charge in [0.25, 0.3) is 0 Å². The molecule has 0 saturated carbocycles. The number of aromatic nitrogens is 2. The molecule has 1 unspecified atom stereocenters. The third kappa shape index (κ3) is 2.57. The minimum absolute atomic E-state index is 0.325. The van der Waals surface area contributed by atoms with Crippen LogP contribution in [-0.4, -0.2) is 9.78 Å². The highest BCUT2D eigenvalue weighted by molar-refractivity contribution is 9.10. The van der Waals surface area contributed by atoms with Crippen molar-refractivity contribution >= 4 is 39.1 Å². The van der Waals surface area contributed by atoms with Gasteiger partial charge in [-0.3, -0.25) is 4.68 Å². The number of halogens is 3. The van der Waals surface area contributed by atoms with E-state index in [0.717, 1.165) is 22.3 Å². The SMILES string of the molecule is CCn1ncc(Cl)c1C(N)c1ccc(Cl)c(Br)c1. The molecule has 0 aliphatic carbocycles. The zero-order valence-electron chi connectivity index (χ0n) is 9.70. The molecule has 0 aliphatic rings. The van der Waals surface area contributed by atoms with Crippen LogP contribution in [0, 0.1) is 0 Å². The summed E-state index contributed by atoms with van der Waals surface area (Å²) in [6.07, 6.45) is 1.62. The summed E-state index contributed by atoms with van der Waals surface area (Å²) in [7, 11) is 0. The molecule has 1 heterocycles. The molecule has 1 aromatic carbocycles. The predicted octanol–water partition coefficient (Wildman–Crippen LogP) is 4.02. The Kier molecular flexibility index (Phi) is 4.33. The standard InChI is InChI=1S/C12H12BrCl2N3/c1-2-18-12(10(15)6-17-18)11(16)7-3-4-9(14)8(13)5-7/h3-6,11H,2,16H2,1H3. The lowest BCUT2D eigenvalue weighted by atomic mass is 10.0. The number of nitrogens with two attached hydrogens (primary N) is 1. The van der Waals surface area contributed by atoms with E-state index in [2.05, 4.69) is 21.0 Å². The molecule has 1 atom stereocenters. The van der Waals surface area contributed by atoms with Gasteiger partial charge in [0.2, 0.25) is 0 Å². The van der Waals surface area contributed by atoms with E-state index in [0.29, 0.717) is 10.0 Å². The largest absolute Gasteiger partial charge is 0.319 e. The van der Waals surface area contributed by atoms with Gasteiger partial charge in [-0.25, -0.2) is 0 Å². The number of hydrogen-bond acceptors (Lipinski definition) is 2. The first-order chi connectivity index (χ1) is 8.54. The highest BCUT2D eigenvalue weighted by Gasteiger charge is 2.18. The zero-order chi connectivity index (χ0) is 13.3. The average molecular weight is 349 g/mol. The lowest BCUT2D eigenvalue weighted by Gasteiger charge is -2.15. The first-order valence-corrected chi connectivity index (χ1v) is 7.01. The average Bonchev–Trinajstić information content (AvgIpc) is 2.73. The number of hydrogen-bond donors (Lipinski definition) is 1. The van der Waals surface area contributed by atoms with Crippen LogP contribution < -0.4 is 5.73 Å². The number of rotatable bonds is 3. The smallest absolute Gasteiger partial charge is 0.0837 e. The summed E-state index contributed by atoms with van der Waals surface area (Å²) in [6, 6.07) is 5.27. The van der Waals surface area contributed by atoms with Crippen molar-refractivity contribution in [3.05, 3.63) is 50.2 Å². The van der Waals surface area contributed by atoms with Crippen LogP contribution in [0.5, 0.6) is 0 Å². The Morgan fingerprint density at radius 3 is 2.72 bits per heavy atom. The molecule has 96 valence electrons. The van der Waals surface area contributed by atoms with Crippen LogP contribution in [0.2, 0.25) is 10.0 Å². The highest BCUT2D eigenvalue weighted by Crippen LogP contribution is 2.30. The monoisotopic (exact) mass is 347 g/mol. The third-order valence-corrected chi connectivity index (χ3v) is 4.24. The molecule has 2 N–H and O–H groups in total. The zero-order valence-corrected chi connectivity index (χ0v) is 12.8. The third-order valence-electron chi connectivity index (χ3n) is 2.73. The highest BCUT2D eigenvalue weighted by atomic mass is 79.9. The Morgan fingerprint density at radius 1 is 1.39 bits per heavy atom. The van der Waals surface area contributed by atoms with Crippen molar-refractivity contribution in [1.29, 1.82) is 0 Å². The summed E-state index contributed by atoms with van der Waals surface area (Å²) in [4.78, 5) is 0. The Balaban J connectivity index is 2.44. The van der Waals surface area contributed by atoms with Gasteiger partial charge in [0, 0.05) is 11.0 Å². The van der Waals surface area contributed by atoms with Crippen LogP contribution in [0.25, 0.3) is 0 Å². The van der Waals surface area contributed by atoms with E-state index in [1.54, 1.807) is 16.9 Å². The van der Waals surface area contributed by atoms with Crippen LogP contribution >= 0.6 is 39.1 Å². The topological polar surface area (TPSA) is 43.8 Å². The lowest BCUT2D eigenvalue weighted by molar-refractivity contribution is 0.601. The van der Waals surface area contributed by atoms with Gasteiger partial charge in [0.05, 0.1) is 28.0 Å². The second-order valence-electron chi connectivity index (χ2n) is 3.84. The van der Waals surface area contributed by atoms with Crippen LogP contribution in [-0.2, 0) is 6.54 Å². The lowest BCUT2D eigenvalue weighted by Crippen LogP contribution is -2.17. The Morgan fingerprint density at radius 2 is 2.11 bits per heavy atom. The number of nitrogens with zero attached hydrogens (tertiary/aromatic N) is 2. The quantitative estimate of drug-likeness (QED) is 0.910. The van der Waals surface area contributed by atoms with Crippen LogP contribution in [0.3, 0.4) is 0 Å². The fraction of sp³-hybridized carbons (Fsp3) is 0.250. The normalized spacial score (nSPS) is 12.7. The summed E-state index contributed by atoms with van der Waals surface area (Å²) in [5.74, 6) is 0. The van der Waals surface area contributed by atoms with Crippen LogP contribution in [0.15, 0.2) is 28.9 Å². The molecule has 3 nitrogen and oxygen atoms in total. The minimum Gasteiger partial charge on any atom is -0.319 e. The van der Waals surface area contributed by atoms with E-state index in [4.69, 9.17) is 28.9 Å². The summed E-state index contributed by atoms with van der Waals surface area (Å²) in [6.45, 7) is 2.72. The molecule has 1 aromatic heterocycles. The minimum atomic E-state index is -0.325. The van der Waals surface area contributed by atoms with Gasteiger partial charge in [-0.05, 0) is 40.5 Å². The van der Waals surface area contributed by atoms with E-state index in [9.17, 15) is 0 Å². The molecule has 0 spiro atoms. The van der Waals surface area contributed by atoms with Crippen molar-refractivity contribution in [3.8, 4) is 0 Å². The van der Waals surface area contributed by atoms with Gasteiger partial charge >= 0.3 is 0 Å². The van der Waals surface area contributed by atoms with Crippen molar-refractivity contribution < 1.29 is 0 Å². The summed E-state index contributed by atoms with van der Waals surface area (Å²) >= 11 is 15.5. The maximum absolute atomic E-state index is 6.25. The Bertz CT molecular complexity index is 568. The summed E-state index contributed by atoms with van der Waals surface area (Å²) in [5.41, 5.74) is 7.99. The van der Waals surface area contributed by atoms with Gasteiger partial charge in [0.15, 0.2) is 0 Å². The predicted molar refractivity (Wildman–Crippen MR) is 78.1 cm³/mol. The van der Waals surface area contributed by atoms with Crippen molar-refractivity contribution in [1.82, 2.24) is 9.78 Å². The van der Waals surface area contributed by atoms with Crippen LogP contribution in [0.4, 0.5) is 0 Å². The fourth-order valence-electron chi connectivity index (χ4n) is 1.80. The molecule has 0 aliphatic heterocycles. The molecular weight excluding hydrogens is 337 g/mol. The van der Waals surface area contributed by atoms with Gasteiger partial charge < -0.3 is 5.73 Å². The van der Waals surface area contributed by atoms with Crippen molar-refractivity contribution in [2.75, 3.05) is 0 Å². The molecular formula is C12H12BrCl2N3. The van der Waals surface area contributed by atoms with Gasteiger partial charge in [-0.1, -0.05) is 29.3 Å². The number of benzene rings is 1. The molecule has 0 radical (unpaired) electrons. The molecule has 0 bridgehead atoms. The first-order valence-electron chi connectivity index (χ1n) is 5.46. The van der Waals surface area contributed by atoms with Crippen LogP contribution in [0.1, 0.15) is 24.2 Å². The van der Waals surface area contributed by atoms with E-state index in [1.165, 1.54) is 0 Å². The van der Waals surface area contributed by atoms with E-state index >= 15 is 0 Å². The van der Waals surface area contributed by atoms with E-state index in [1.807, 2.05) is 19.1 Å². The Labute approximate surface area is 124 Å². The maximum Gasteiger partial charge on any atom is 0.0837 e. The molecule has 0 amide bonds. The van der Waals surface area contributed by atoms with Crippen molar-refractivity contribution in [2.45, 2.75) is 19.5 Å². The molecule has 0 saturated heterocycles. The van der Waals surface area contributed by atoms with Gasteiger partial charge in [0.1, 0.15) is 0 Å². The van der Waals surface area contributed by atoms with Gasteiger partial charge in [-0.2, -0.15) is 5.10 Å². The van der Waals surface area contributed by atoms with Crippen molar-refractivity contribution in [2.24, 2.45) is 5.73 Å². The summed E-state index contributed by atoms with van der Waals surface area (Å²) in [5, 5.41) is 5.42. The van der Waals surface area contributed by atoms with E-state index in [-0.39, 0.29) is 6.04 Å². The molecule has 2 rings (SSSR count). The second-order valence-corrected chi connectivity index (χ2v) is 5.51. The molecule has 0 fully saturated rings. The molecule has 6 heteroatoms. The van der Waals surface area contributed by atoms with E-state index < -0.39 is 0 Å². The molecule has 2 aromatic rings. The maximum atomic E-state index is 6.25. The summed E-state index contributed by atoms with van der Waals surface area (Å²) < 4.78 is 2.62. The molecule has 18 heavy (non-hydrogen) atoms. The van der Waals surface area contributed by atoms with Gasteiger partial charge in [-0.15, -0.1) is 0 Å².